The van der Waals surface area contributed by atoms with Crippen molar-refractivity contribution < 1.29 is 24.1 Å². The van der Waals surface area contributed by atoms with Gasteiger partial charge in [0.05, 0.1) is 4.92 Å². The summed E-state index contributed by atoms with van der Waals surface area (Å²) < 4.78 is 10.2. The van der Waals surface area contributed by atoms with Gasteiger partial charge in [-0.3, -0.25) is 10.1 Å². The van der Waals surface area contributed by atoms with E-state index in [1.807, 2.05) is 6.92 Å². The Morgan fingerprint density at radius 2 is 2.29 bits per heavy atom. The number of hydrogen-bond acceptors (Lipinski definition) is 7. The van der Waals surface area contributed by atoms with Crippen LogP contribution in [0.2, 0.25) is 0 Å². The third-order valence-electron chi connectivity index (χ3n) is 2.58. The summed E-state index contributed by atoms with van der Waals surface area (Å²) in [6.45, 7) is 1.81. The van der Waals surface area contributed by atoms with Gasteiger partial charge in [-0.25, -0.2) is 4.79 Å². The van der Waals surface area contributed by atoms with E-state index in [-0.39, 0.29) is 18.2 Å². The van der Waals surface area contributed by atoms with E-state index in [2.05, 4.69) is 10.1 Å². The minimum Gasteiger partial charge on any atom is -0.484 e. The molecule has 0 aliphatic rings. The Morgan fingerprint density at radius 1 is 1.52 bits per heavy atom. The van der Waals surface area contributed by atoms with Crippen molar-refractivity contribution >= 4 is 11.7 Å². The van der Waals surface area contributed by atoms with Crippen LogP contribution in [0.1, 0.15) is 29.0 Å². The Labute approximate surface area is 118 Å². The maximum Gasteiger partial charge on any atom is 0.342 e. The summed E-state index contributed by atoms with van der Waals surface area (Å²) in [5.74, 6) is -0.474. The zero-order chi connectivity index (χ0) is 15.4. The summed E-state index contributed by atoms with van der Waals surface area (Å²) in [5, 5.41) is 23.4. The van der Waals surface area contributed by atoms with Crippen LogP contribution in [0.3, 0.4) is 0 Å². The number of nitro benzene ring substituents is 1. The van der Waals surface area contributed by atoms with Crippen molar-refractivity contribution in [2.45, 2.75) is 20.0 Å². The molecule has 0 aliphatic carbocycles. The van der Waals surface area contributed by atoms with Crippen molar-refractivity contribution in [1.82, 2.24) is 10.1 Å². The topological polar surface area (TPSA) is 129 Å². The van der Waals surface area contributed by atoms with Gasteiger partial charge in [0, 0.05) is 18.6 Å². The van der Waals surface area contributed by atoms with Crippen LogP contribution in [0.4, 0.5) is 5.69 Å². The van der Waals surface area contributed by atoms with Gasteiger partial charge in [-0.15, -0.1) is 0 Å². The first kappa shape index (κ1) is 14.4. The lowest BCUT2D eigenvalue weighted by Crippen LogP contribution is -2.04. The number of carbonyl (C=O) groups is 1. The van der Waals surface area contributed by atoms with Crippen LogP contribution < -0.4 is 4.74 Å². The van der Waals surface area contributed by atoms with Gasteiger partial charge in [-0.2, -0.15) is 4.98 Å². The molecule has 9 heteroatoms. The number of benzene rings is 1. The molecule has 0 radical (unpaired) electrons. The molecular weight excluding hydrogens is 282 g/mol. The Balaban J connectivity index is 2.15. The van der Waals surface area contributed by atoms with Crippen LogP contribution in [0, 0.1) is 10.1 Å². The first-order valence-electron chi connectivity index (χ1n) is 5.97. The number of aryl methyl sites for hydroxylation is 1. The van der Waals surface area contributed by atoms with E-state index in [1.54, 1.807) is 0 Å². The smallest absolute Gasteiger partial charge is 0.342 e. The molecule has 1 N–H and O–H groups in total. The third kappa shape index (κ3) is 3.32. The van der Waals surface area contributed by atoms with Crippen molar-refractivity contribution in [3.05, 3.63) is 45.6 Å². The molecule has 1 heterocycles. The summed E-state index contributed by atoms with van der Waals surface area (Å²) in [4.78, 5) is 25.0. The SMILES string of the molecule is CCc1noc(COc2ccc([N+](=O)[O-])c(C(=O)O)c2)n1. The van der Waals surface area contributed by atoms with Crippen molar-refractivity contribution in [3.8, 4) is 5.75 Å². The van der Waals surface area contributed by atoms with E-state index in [0.717, 1.165) is 12.1 Å². The lowest BCUT2D eigenvalue weighted by Gasteiger charge is -2.04. The largest absolute Gasteiger partial charge is 0.484 e. The lowest BCUT2D eigenvalue weighted by atomic mass is 10.1. The van der Waals surface area contributed by atoms with E-state index in [4.69, 9.17) is 14.4 Å². The molecule has 0 bridgehead atoms. The Morgan fingerprint density at radius 3 is 2.86 bits per heavy atom. The second-order valence-electron chi connectivity index (χ2n) is 3.99. The third-order valence-corrected chi connectivity index (χ3v) is 2.58. The maximum absolute atomic E-state index is 11.0. The molecule has 0 saturated heterocycles. The highest BCUT2D eigenvalue weighted by Crippen LogP contribution is 2.24. The Kier molecular flexibility index (Phi) is 4.12. The average molecular weight is 293 g/mol. The van der Waals surface area contributed by atoms with Crippen molar-refractivity contribution in [2.24, 2.45) is 0 Å². The van der Waals surface area contributed by atoms with Crippen LogP contribution in [0.15, 0.2) is 22.7 Å². The van der Waals surface area contributed by atoms with Gasteiger partial charge in [-0.05, 0) is 6.07 Å². The number of aromatic nitrogens is 2. The zero-order valence-electron chi connectivity index (χ0n) is 11.0. The van der Waals surface area contributed by atoms with E-state index < -0.39 is 22.1 Å². The van der Waals surface area contributed by atoms with E-state index in [9.17, 15) is 14.9 Å². The molecule has 0 unspecified atom stereocenters. The summed E-state index contributed by atoms with van der Waals surface area (Å²) in [6.07, 6.45) is 0.615. The first-order chi connectivity index (χ1) is 10.0. The normalized spacial score (nSPS) is 10.3. The van der Waals surface area contributed by atoms with E-state index in [1.165, 1.54) is 6.07 Å². The highest BCUT2D eigenvalue weighted by Gasteiger charge is 2.20. The average Bonchev–Trinajstić information content (AvgIpc) is 2.92. The van der Waals surface area contributed by atoms with Crippen LogP contribution in [-0.2, 0) is 13.0 Å². The molecule has 0 saturated carbocycles. The molecule has 0 spiro atoms. The quantitative estimate of drug-likeness (QED) is 0.630. The summed E-state index contributed by atoms with van der Waals surface area (Å²) in [6, 6.07) is 3.46. The standard InChI is InChI=1S/C12H11N3O6/c1-2-10-13-11(21-14-10)6-20-7-3-4-9(15(18)19)8(5-7)12(16)17/h3-5H,2,6H2,1H3,(H,16,17). The fourth-order valence-electron chi connectivity index (χ4n) is 1.57. The maximum atomic E-state index is 11.0. The molecule has 2 aromatic rings. The number of hydrogen-bond donors (Lipinski definition) is 1. The minimum atomic E-state index is -1.40. The molecule has 21 heavy (non-hydrogen) atoms. The monoisotopic (exact) mass is 293 g/mol. The summed E-state index contributed by atoms with van der Waals surface area (Å²) >= 11 is 0. The second-order valence-corrected chi connectivity index (χ2v) is 3.99. The lowest BCUT2D eigenvalue weighted by molar-refractivity contribution is -0.385. The fraction of sp³-hybridized carbons (Fsp3) is 0.250. The van der Waals surface area contributed by atoms with Crippen LogP contribution in [-0.4, -0.2) is 26.1 Å². The predicted octanol–water partition coefficient (Wildman–Crippen LogP) is 1.82. The van der Waals surface area contributed by atoms with Gasteiger partial charge >= 0.3 is 5.97 Å². The summed E-state index contributed by atoms with van der Waals surface area (Å²) in [5.41, 5.74) is -0.946. The van der Waals surface area contributed by atoms with E-state index >= 15 is 0 Å². The van der Waals surface area contributed by atoms with Crippen LogP contribution in [0.5, 0.6) is 5.75 Å². The zero-order valence-corrected chi connectivity index (χ0v) is 11.0. The van der Waals surface area contributed by atoms with Gasteiger partial charge in [0.1, 0.15) is 11.3 Å². The highest BCUT2D eigenvalue weighted by molar-refractivity contribution is 5.92. The molecule has 2 rings (SSSR count). The van der Waals surface area contributed by atoms with Gasteiger partial charge in [0.25, 0.3) is 11.6 Å². The molecule has 0 fully saturated rings. The minimum absolute atomic E-state index is 0.0517. The fourth-order valence-corrected chi connectivity index (χ4v) is 1.57. The second kappa shape index (κ2) is 5.99. The number of carboxylic acids is 1. The highest BCUT2D eigenvalue weighted by atomic mass is 16.6. The van der Waals surface area contributed by atoms with Gasteiger partial charge in [0.2, 0.25) is 0 Å². The van der Waals surface area contributed by atoms with E-state index in [0.29, 0.717) is 12.2 Å². The number of nitro groups is 1. The number of aromatic carboxylic acids is 1. The first-order valence-corrected chi connectivity index (χ1v) is 5.97. The van der Waals surface area contributed by atoms with Gasteiger partial charge < -0.3 is 14.4 Å². The number of nitrogens with zero attached hydrogens (tertiary/aromatic N) is 3. The van der Waals surface area contributed by atoms with Crippen molar-refractivity contribution in [1.29, 1.82) is 0 Å². The molecular formula is C12H11N3O6. The number of carboxylic acid groups (broad SMARTS) is 1. The number of rotatable bonds is 6. The molecule has 0 atom stereocenters. The molecule has 0 amide bonds. The molecule has 110 valence electrons. The van der Waals surface area contributed by atoms with Crippen LogP contribution in [0.25, 0.3) is 0 Å². The van der Waals surface area contributed by atoms with Crippen molar-refractivity contribution in [3.63, 3.8) is 0 Å². The van der Waals surface area contributed by atoms with Crippen LogP contribution >= 0.6 is 0 Å². The number of ether oxygens (including phenoxy) is 1. The summed E-state index contributed by atoms with van der Waals surface area (Å²) in [7, 11) is 0. The predicted molar refractivity (Wildman–Crippen MR) is 68.1 cm³/mol. The van der Waals surface area contributed by atoms with Gasteiger partial charge in [0.15, 0.2) is 12.4 Å². The van der Waals surface area contributed by atoms with Gasteiger partial charge in [-0.1, -0.05) is 12.1 Å². The Bertz CT molecular complexity index is 681. The molecule has 0 aliphatic heterocycles. The molecule has 1 aromatic heterocycles. The molecule has 1 aromatic carbocycles. The molecule has 9 nitrogen and oxygen atoms in total. The Hall–Kier alpha value is -2.97. The van der Waals surface area contributed by atoms with Crippen molar-refractivity contribution in [2.75, 3.05) is 0 Å².